The third-order valence-electron chi connectivity index (χ3n) is 6.33. The van der Waals surface area contributed by atoms with Crippen LogP contribution in [0.2, 0.25) is 5.02 Å². The van der Waals surface area contributed by atoms with E-state index in [2.05, 4.69) is 40.7 Å². The Morgan fingerprint density at radius 1 is 1.26 bits per heavy atom. The van der Waals surface area contributed by atoms with Gasteiger partial charge in [0.15, 0.2) is 5.65 Å². The van der Waals surface area contributed by atoms with Crippen molar-refractivity contribution in [1.82, 2.24) is 24.6 Å². The molecule has 0 saturated carbocycles. The molecule has 1 fully saturated rings. The third kappa shape index (κ3) is 4.07. The average molecular weight is 497 g/mol. The summed E-state index contributed by atoms with van der Waals surface area (Å²) in [5.74, 6) is -0.364. The first-order valence-corrected chi connectivity index (χ1v) is 11.5. The number of alkyl halides is 2. The average Bonchev–Trinajstić information content (AvgIpc) is 3.11. The summed E-state index contributed by atoms with van der Waals surface area (Å²) in [5.41, 5.74) is 6.39. The highest BCUT2D eigenvalue weighted by molar-refractivity contribution is 6.31. The highest BCUT2D eigenvalue weighted by Gasteiger charge is 2.40. The summed E-state index contributed by atoms with van der Waals surface area (Å²) in [6.45, 7) is 11.5. The van der Waals surface area contributed by atoms with Gasteiger partial charge in [-0.1, -0.05) is 11.6 Å². The predicted octanol–water partition coefficient (Wildman–Crippen LogP) is 5.34. The van der Waals surface area contributed by atoms with Gasteiger partial charge in [0.05, 0.1) is 23.1 Å². The first kappa shape index (κ1) is 24.5. The summed E-state index contributed by atoms with van der Waals surface area (Å²) in [7, 11) is 0. The summed E-state index contributed by atoms with van der Waals surface area (Å²) >= 11 is 6.33. The smallest absolute Gasteiger partial charge is 0.282 e. The second kappa shape index (κ2) is 8.88. The molecule has 34 heavy (non-hydrogen) atoms. The summed E-state index contributed by atoms with van der Waals surface area (Å²) in [4.78, 5) is 10.2. The predicted molar refractivity (Wildman–Crippen MR) is 125 cm³/mol. The number of aromatic nitrogens is 4. The molecule has 0 amide bonds. The van der Waals surface area contributed by atoms with Crippen molar-refractivity contribution in [3.8, 4) is 5.75 Å². The minimum absolute atomic E-state index is 0.00412. The molecule has 1 unspecified atom stereocenters. The fourth-order valence-corrected chi connectivity index (χ4v) is 4.63. The largest absolute Gasteiger partial charge is 0.493 e. The fraction of sp³-hybridized carbons (Fsp3) is 0.522. The number of nitrogens with two attached hydrogens (primary N) is 1. The van der Waals surface area contributed by atoms with Gasteiger partial charge in [0.25, 0.3) is 6.43 Å². The highest BCUT2D eigenvalue weighted by atomic mass is 35.5. The Hall–Kier alpha value is -2.59. The number of likely N-dealkylation sites (tertiary alicyclic amines) is 1. The maximum absolute atomic E-state index is 15.4. The van der Waals surface area contributed by atoms with Crippen molar-refractivity contribution in [1.29, 1.82) is 0 Å². The fourth-order valence-electron chi connectivity index (χ4n) is 4.42. The molecular weight excluding hydrogens is 469 g/mol. The van der Waals surface area contributed by atoms with Crippen molar-refractivity contribution >= 4 is 28.5 Å². The molecule has 1 aliphatic rings. The van der Waals surface area contributed by atoms with Crippen LogP contribution >= 0.6 is 11.6 Å². The van der Waals surface area contributed by atoms with E-state index < -0.39 is 24.0 Å². The van der Waals surface area contributed by atoms with Gasteiger partial charge >= 0.3 is 0 Å². The van der Waals surface area contributed by atoms with Crippen LogP contribution in [0.1, 0.15) is 69.8 Å². The lowest BCUT2D eigenvalue weighted by atomic mass is 9.84. The maximum Gasteiger partial charge on any atom is 0.282 e. The van der Waals surface area contributed by atoms with Gasteiger partial charge in [-0.05, 0) is 40.7 Å². The van der Waals surface area contributed by atoms with Crippen LogP contribution in [0.15, 0.2) is 12.4 Å². The Labute approximate surface area is 201 Å². The first-order valence-electron chi connectivity index (χ1n) is 11.1. The van der Waals surface area contributed by atoms with Gasteiger partial charge in [0.1, 0.15) is 29.4 Å². The molecule has 2 N–H and O–H groups in total. The van der Waals surface area contributed by atoms with E-state index >= 15 is 4.39 Å². The Balaban J connectivity index is 1.86. The van der Waals surface area contributed by atoms with Crippen LogP contribution in [0.25, 0.3) is 11.0 Å². The Morgan fingerprint density at radius 3 is 2.53 bits per heavy atom. The quantitative estimate of drug-likeness (QED) is 0.495. The second-order valence-electron chi connectivity index (χ2n) is 9.47. The Kier molecular flexibility index (Phi) is 6.41. The lowest BCUT2D eigenvalue weighted by Gasteiger charge is -2.48. The minimum Gasteiger partial charge on any atom is -0.493 e. The summed E-state index contributed by atoms with van der Waals surface area (Å²) in [6.07, 6.45) is -1.68. The molecule has 7 nitrogen and oxygen atoms in total. The summed E-state index contributed by atoms with van der Waals surface area (Å²) in [5, 5.41) is 4.05. The van der Waals surface area contributed by atoms with E-state index in [4.69, 9.17) is 22.1 Å². The molecule has 3 heterocycles. The number of hydrogen-bond acceptors (Lipinski definition) is 6. The topological polar surface area (TPSA) is 82.1 Å². The van der Waals surface area contributed by atoms with Crippen molar-refractivity contribution in [3.63, 3.8) is 0 Å². The van der Waals surface area contributed by atoms with Crippen LogP contribution in [-0.4, -0.2) is 49.9 Å². The summed E-state index contributed by atoms with van der Waals surface area (Å²) < 4.78 is 50.1. The van der Waals surface area contributed by atoms with Crippen molar-refractivity contribution in [3.05, 3.63) is 40.1 Å². The number of nitrogens with zero attached hydrogens (tertiary/aromatic N) is 5. The van der Waals surface area contributed by atoms with Gasteiger partial charge in [-0.25, -0.2) is 27.8 Å². The van der Waals surface area contributed by atoms with Gasteiger partial charge in [-0.3, -0.25) is 4.90 Å². The van der Waals surface area contributed by atoms with Crippen molar-refractivity contribution in [2.45, 2.75) is 58.5 Å². The summed E-state index contributed by atoms with van der Waals surface area (Å²) in [6, 6.07) is 0.817. The van der Waals surface area contributed by atoms with Gasteiger partial charge in [0, 0.05) is 35.7 Å². The zero-order valence-electron chi connectivity index (χ0n) is 19.7. The SMILES string of the molecule is CCOc1c(C(C)n2nc(C(F)F)c3c(N)ncnc32)cc(Cl)c(F)c1C1CN(C(C)(C)C)C1. The molecule has 2 aromatic heterocycles. The molecule has 1 saturated heterocycles. The Morgan fingerprint density at radius 2 is 1.94 bits per heavy atom. The van der Waals surface area contributed by atoms with Crippen LogP contribution < -0.4 is 10.5 Å². The van der Waals surface area contributed by atoms with Gasteiger partial charge in [-0.2, -0.15) is 5.10 Å². The van der Waals surface area contributed by atoms with E-state index in [9.17, 15) is 8.78 Å². The lowest BCUT2D eigenvalue weighted by molar-refractivity contribution is 0.0446. The number of halogens is 4. The number of anilines is 1. The monoisotopic (exact) mass is 496 g/mol. The van der Waals surface area contributed by atoms with Crippen molar-refractivity contribution in [2.24, 2.45) is 0 Å². The number of ether oxygens (including phenoxy) is 1. The molecule has 1 aliphatic heterocycles. The van der Waals surface area contributed by atoms with E-state index in [0.717, 1.165) is 0 Å². The van der Waals surface area contributed by atoms with E-state index in [1.165, 1.54) is 17.1 Å². The van der Waals surface area contributed by atoms with Gasteiger partial charge in [-0.15, -0.1) is 0 Å². The molecule has 184 valence electrons. The molecule has 0 spiro atoms. The minimum atomic E-state index is -2.87. The van der Waals surface area contributed by atoms with Crippen molar-refractivity contribution < 1.29 is 17.9 Å². The molecule has 1 aromatic carbocycles. The zero-order chi connectivity index (χ0) is 24.9. The van der Waals surface area contributed by atoms with E-state index in [-0.39, 0.29) is 33.3 Å². The van der Waals surface area contributed by atoms with E-state index in [0.29, 0.717) is 36.6 Å². The standard InChI is InChI=1S/C23H28ClF3N6O/c1-6-34-19-13(7-14(24)17(25)15(19)12-8-32(9-12)23(3,4)5)11(2)33-22-16(18(31-33)20(26)27)21(28)29-10-30-22/h7,10-12,20H,6,8-9H2,1-5H3,(H2,28,29,30). The zero-order valence-corrected chi connectivity index (χ0v) is 20.5. The van der Waals surface area contributed by atoms with E-state index in [1.54, 1.807) is 13.8 Å². The number of rotatable bonds is 6. The van der Waals surface area contributed by atoms with Crippen LogP contribution in [0.4, 0.5) is 19.0 Å². The van der Waals surface area contributed by atoms with Gasteiger partial charge < -0.3 is 10.5 Å². The van der Waals surface area contributed by atoms with Crippen LogP contribution in [0.5, 0.6) is 5.75 Å². The number of nitrogen functional groups attached to an aromatic ring is 1. The normalized spacial score (nSPS) is 16.3. The number of fused-ring (bicyclic) bond motifs is 1. The molecule has 1 atom stereocenters. The molecule has 0 radical (unpaired) electrons. The van der Waals surface area contributed by atoms with Crippen LogP contribution in [0.3, 0.4) is 0 Å². The number of hydrogen-bond donors (Lipinski definition) is 1. The number of benzene rings is 1. The molecule has 3 aromatic rings. The van der Waals surface area contributed by atoms with Crippen LogP contribution in [-0.2, 0) is 0 Å². The lowest BCUT2D eigenvalue weighted by Crippen LogP contribution is -2.54. The van der Waals surface area contributed by atoms with Crippen molar-refractivity contribution in [2.75, 3.05) is 25.4 Å². The highest BCUT2D eigenvalue weighted by Crippen LogP contribution is 2.45. The molecule has 11 heteroatoms. The molecule has 0 aliphatic carbocycles. The van der Waals surface area contributed by atoms with Gasteiger partial charge in [0.2, 0.25) is 0 Å². The first-order chi connectivity index (χ1) is 16.0. The third-order valence-corrected chi connectivity index (χ3v) is 6.61. The van der Waals surface area contributed by atoms with E-state index in [1.807, 2.05) is 0 Å². The molecule has 0 bridgehead atoms. The molecule has 4 rings (SSSR count). The maximum atomic E-state index is 15.4. The second-order valence-corrected chi connectivity index (χ2v) is 9.88. The Bertz CT molecular complexity index is 1220. The molecular formula is C23H28ClF3N6O. The van der Waals surface area contributed by atoms with Crippen LogP contribution in [0, 0.1) is 5.82 Å².